The summed E-state index contributed by atoms with van der Waals surface area (Å²) in [6.45, 7) is 0.0219. The molecule has 136 valence electrons. The van der Waals surface area contributed by atoms with Crippen molar-refractivity contribution in [3.63, 3.8) is 0 Å². The van der Waals surface area contributed by atoms with Crippen LogP contribution in [-0.2, 0) is 21.4 Å². The Hall–Kier alpha value is -2.87. The number of halogens is 1. The summed E-state index contributed by atoms with van der Waals surface area (Å²) in [5, 5.41) is 5.90. The van der Waals surface area contributed by atoms with Gasteiger partial charge in [0, 0.05) is 25.2 Å². The first kappa shape index (κ1) is 17.9. The molecule has 1 fully saturated rings. The van der Waals surface area contributed by atoms with Crippen molar-refractivity contribution in [2.75, 3.05) is 13.7 Å². The fourth-order valence-electron chi connectivity index (χ4n) is 2.85. The Balaban J connectivity index is 1.94. The molecule has 1 saturated heterocycles. The summed E-state index contributed by atoms with van der Waals surface area (Å²) < 4.78 is 6.19. The van der Waals surface area contributed by atoms with Gasteiger partial charge >= 0.3 is 5.97 Å². The van der Waals surface area contributed by atoms with Crippen LogP contribution < -0.4 is 5.43 Å². The molecule has 1 aromatic heterocycles. The number of hydrazine groups is 1. The second kappa shape index (κ2) is 7.17. The quantitative estimate of drug-likeness (QED) is 0.817. The molecule has 1 aliphatic rings. The van der Waals surface area contributed by atoms with Crippen LogP contribution in [0.5, 0.6) is 0 Å². The van der Waals surface area contributed by atoms with Gasteiger partial charge in [-0.3, -0.25) is 24.5 Å². The lowest BCUT2D eigenvalue weighted by molar-refractivity contribution is -0.151. The van der Waals surface area contributed by atoms with Crippen LogP contribution in [0.4, 0.5) is 0 Å². The number of esters is 1. The third-order valence-electron chi connectivity index (χ3n) is 4.06. The van der Waals surface area contributed by atoms with Gasteiger partial charge in [-0.25, -0.2) is 5.01 Å². The summed E-state index contributed by atoms with van der Waals surface area (Å²) in [4.78, 5) is 36.7. The molecule has 0 aliphatic carbocycles. The zero-order chi connectivity index (χ0) is 18.8. The van der Waals surface area contributed by atoms with Crippen LogP contribution in [0, 0.1) is 5.92 Å². The average Bonchev–Trinajstić information content (AvgIpc) is 3.01. The number of benzene rings is 1. The van der Waals surface area contributed by atoms with Crippen molar-refractivity contribution in [1.29, 1.82) is 0 Å². The number of ether oxygens (including phenoxy) is 1. The third-order valence-corrected chi connectivity index (χ3v) is 4.39. The lowest BCUT2D eigenvalue weighted by atomic mass is 10.0. The van der Waals surface area contributed by atoms with E-state index in [1.54, 1.807) is 37.5 Å². The first-order valence-electron chi connectivity index (χ1n) is 7.88. The number of aromatic nitrogens is 2. The summed E-state index contributed by atoms with van der Waals surface area (Å²) in [6.07, 6.45) is 1.52. The van der Waals surface area contributed by atoms with E-state index >= 15 is 0 Å². The van der Waals surface area contributed by atoms with Crippen molar-refractivity contribution in [2.24, 2.45) is 13.0 Å². The van der Waals surface area contributed by atoms with Gasteiger partial charge in [0.05, 0.1) is 30.2 Å². The Morgan fingerprint density at radius 2 is 2.08 bits per heavy atom. The number of hydrogen-bond donors (Lipinski definition) is 1. The standard InChI is InChI=1S/C17H17ClN4O4/c1-21-9-12(15(20-21)11-5-3-4-6-13(11)18)16(24)22-8-10(17(25)26-2)7-14(23)19-22/h3-6,9-10H,7-8H2,1-2H3,(H,19,23)/t10-/m0/s1. The first-order valence-corrected chi connectivity index (χ1v) is 8.26. The van der Waals surface area contributed by atoms with E-state index in [1.165, 1.54) is 11.8 Å². The van der Waals surface area contributed by atoms with E-state index in [9.17, 15) is 14.4 Å². The number of methoxy groups -OCH3 is 1. The molecule has 3 rings (SSSR count). The predicted octanol–water partition coefficient (Wildman–Crippen LogP) is 1.41. The molecular weight excluding hydrogens is 360 g/mol. The molecule has 1 aromatic carbocycles. The van der Waals surface area contributed by atoms with Crippen molar-refractivity contribution >= 4 is 29.4 Å². The Kier molecular flexibility index (Phi) is 4.94. The molecule has 1 atom stereocenters. The Bertz CT molecular complexity index is 879. The second-order valence-corrected chi connectivity index (χ2v) is 6.33. The molecule has 1 N–H and O–H groups in total. The monoisotopic (exact) mass is 376 g/mol. The summed E-state index contributed by atoms with van der Waals surface area (Å²) in [6, 6.07) is 7.03. The minimum absolute atomic E-state index is 0.0219. The number of rotatable bonds is 3. The summed E-state index contributed by atoms with van der Waals surface area (Å²) in [5.74, 6) is -2.15. The van der Waals surface area contributed by atoms with Gasteiger partial charge in [-0.1, -0.05) is 29.8 Å². The Morgan fingerprint density at radius 1 is 1.35 bits per heavy atom. The average molecular weight is 377 g/mol. The number of nitrogens with one attached hydrogen (secondary N) is 1. The van der Waals surface area contributed by atoms with Gasteiger partial charge in [0.25, 0.3) is 5.91 Å². The Labute approximate surface area is 154 Å². The SMILES string of the molecule is COC(=O)[C@H]1CC(=O)NN(C(=O)c2cn(C)nc2-c2ccccc2Cl)C1. The van der Waals surface area contributed by atoms with E-state index in [0.29, 0.717) is 16.3 Å². The second-order valence-electron chi connectivity index (χ2n) is 5.92. The summed E-state index contributed by atoms with van der Waals surface area (Å²) >= 11 is 6.23. The fourth-order valence-corrected chi connectivity index (χ4v) is 3.08. The number of nitrogens with zero attached hydrogens (tertiary/aromatic N) is 3. The highest BCUT2D eigenvalue weighted by Crippen LogP contribution is 2.30. The van der Waals surface area contributed by atoms with Crippen LogP contribution in [-0.4, -0.2) is 46.2 Å². The van der Waals surface area contributed by atoms with E-state index in [0.717, 1.165) is 5.01 Å². The van der Waals surface area contributed by atoms with Gasteiger partial charge in [0.2, 0.25) is 5.91 Å². The summed E-state index contributed by atoms with van der Waals surface area (Å²) in [5.41, 5.74) is 3.77. The van der Waals surface area contributed by atoms with E-state index < -0.39 is 23.7 Å². The van der Waals surface area contributed by atoms with Crippen molar-refractivity contribution in [3.8, 4) is 11.3 Å². The van der Waals surface area contributed by atoms with Gasteiger partial charge in [0.1, 0.15) is 5.69 Å². The first-order chi connectivity index (χ1) is 12.4. The predicted molar refractivity (Wildman–Crippen MR) is 93.0 cm³/mol. The molecule has 8 nitrogen and oxygen atoms in total. The lowest BCUT2D eigenvalue weighted by Crippen LogP contribution is -2.54. The minimum Gasteiger partial charge on any atom is -0.469 e. The fraction of sp³-hybridized carbons (Fsp3) is 0.294. The van der Waals surface area contributed by atoms with Crippen LogP contribution in [0.25, 0.3) is 11.3 Å². The highest BCUT2D eigenvalue weighted by molar-refractivity contribution is 6.33. The maximum atomic E-state index is 13.0. The van der Waals surface area contributed by atoms with E-state index in [2.05, 4.69) is 10.5 Å². The number of aryl methyl sites for hydroxylation is 1. The molecular formula is C17H17ClN4O4. The molecule has 26 heavy (non-hydrogen) atoms. The molecule has 1 aliphatic heterocycles. The maximum absolute atomic E-state index is 13.0. The molecule has 0 bridgehead atoms. The molecule has 9 heteroatoms. The van der Waals surface area contributed by atoms with Gasteiger partial charge < -0.3 is 4.74 Å². The van der Waals surface area contributed by atoms with Crippen molar-refractivity contribution in [1.82, 2.24) is 20.2 Å². The maximum Gasteiger partial charge on any atom is 0.311 e. The molecule has 0 unspecified atom stereocenters. The van der Waals surface area contributed by atoms with Gasteiger partial charge in [-0.2, -0.15) is 5.10 Å². The van der Waals surface area contributed by atoms with Crippen molar-refractivity contribution < 1.29 is 19.1 Å². The largest absolute Gasteiger partial charge is 0.469 e. The molecule has 0 radical (unpaired) electrons. The van der Waals surface area contributed by atoms with Crippen LogP contribution >= 0.6 is 11.6 Å². The third kappa shape index (κ3) is 3.41. The number of carbonyl (C=O) groups is 3. The smallest absolute Gasteiger partial charge is 0.311 e. The molecule has 0 saturated carbocycles. The van der Waals surface area contributed by atoms with E-state index in [-0.39, 0.29) is 18.5 Å². The highest BCUT2D eigenvalue weighted by Gasteiger charge is 2.35. The number of hydrogen-bond acceptors (Lipinski definition) is 5. The number of amides is 2. The summed E-state index contributed by atoms with van der Waals surface area (Å²) in [7, 11) is 2.93. The van der Waals surface area contributed by atoms with Gasteiger partial charge in [-0.05, 0) is 6.07 Å². The topological polar surface area (TPSA) is 93.5 Å². The lowest BCUT2D eigenvalue weighted by Gasteiger charge is -2.31. The molecule has 0 spiro atoms. The normalized spacial score (nSPS) is 17.0. The zero-order valence-electron chi connectivity index (χ0n) is 14.2. The van der Waals surface area contributed by atoms with Crippen molar-refractivity contribution in [3.05, 3.63) is 41.0 Å². The molecule has 2 amide bonds. The van der Waals surface area contributed by atoms with Gasteiger partial charge in [0.15, 0.2) is 0 Å². The van der Waals surface area contributed by atoms with Crippen LogP contribution in [0.1, 0.15) is 16.8 Å². The van der Waals surface area contributed by atoms with Crippen LogP contribution in [0.15, 0.2) is 30.5 Å². The number of carbonyl (C=O) groups excluding carboxylic acids is 3. The highest BCUT2D eigenvalue weighted by atomic mass is 35.5. The van der Waals surface area contributed by atoms with Crippen LogP contribution in [0.3, 0.4) is 0 Å². The van der Waals surface area contributed by atoms with Crippen molar-refractivity contribution in [2.45, 2.75) is 6.42 Å². The van der Waals surface area contributed by atoms with Crippen LogP contribution in [0.2, 0.25) is 5.02 Å². The zero-order valence-corrected chi connectivity index (χ0v) is 15.0. The minimum atomic E-state index is -0.710. The van der Waals surface area contributed by atoms with E-state index in [4.69, 9.17) is 16.3 Å². The van der Waals surface area contributed by atoms with E-state index in [1.807, 2.05) is 0 Å². The molecule has 2 heterocycles. The van der Waals surface area contributed by atoms with Gasteiger partial charge in [-0.15, -0.1) is 0 Å². The molecule has 2 aromatic rings. The Morgan fingerprint density at radius 3 is 2.77 bits per heavy atom.